The lowest BCUT2D eigenvalue weighted by Crippen LogP contribution is -1.81. The first kappa shape index (κ1) is 8.94. The number of aromatic nitrogens is 1. The highest BCUT2D eigenvalue weighted by Crippen LogP contribution is 2.01. The van der Waals surface area contributed by atoms with Gasteiger partial charge in [0.25, 0.3) is 0 Å². The maximum Gasteiger partial charge on any atom is 0.245 e. The average Bonchev–Trinajstić information content (AvgIpc) is 2.03. The van der Waals surface area contributed by atoms with Gasteiger partial charge in [0.1, 0.15) is 0 Å². The first-order valence-corrected chi connectivity index (χ1v) is 3.86. The summed E-state index contributed by atoms with van der Waals surface area (Å²) in [5, 5.41) is -0.476. The summed E-state index contributed by atoms with van der Waals surface area (Å²) in [5.41, 5.74) is 1.82. The molecule has 0 amide bonds. The lowest BCUT2D eigenvalue weighted by Gasteiger charge is -1.92. The zero-order valence-corrected chi connectivity index (χ0v) is 7.38. The molecule has 0 spiro atoms. The molecule has 0 bridgehead atoms. The first-order chi connectivity index (χ1) is 5.68. The fourth-order valence-corrected chi connectivity index (χ4v) is 0.803. The molecule has 0 radical (unpaired) electrons. The van der Waals surface area contributed by atoms with Gasteiger partial charge >= 0.3 is 0 Å². The maximum absolute atomic E-state index is 10.3. The molecule has 0 fully saturated rings. The second kappa shape index (κ2) is 4.02. The molecule has 2 nitrogen and oxygen atoms in total. The first-order valence-electron chi connectivity index (χ1n) is 3.48. The number of rotatable bonds is 2. The van der Waals surface area contributed by atoms with E-state index in [9.17, 15) is 4.79 Å². The molecule has 1 heterocycles. The number of halogens is 1. The molecule has 0 atom stereocenters. The summed E-state index contributed by atoms with van der Waals surface area (Å²) in [6, 6.07) is 3.75. The largest absolute Gasteiger partial charge is 0.276 e. The Bertz CT molecular complexity index is 303. The molecule has 1 rings (SSSR count). The number of nitrogens with zero attached hydrogens (tertiary/aromatic N) is 1. The lowest BCUT2D eigenvalue weighted by molar-refractivity contribution is -0.107. The number of hydrogen-bond donors (Lipinski definition) is 0. The van der Waals surface area contributed by atoms with Gasteiger partial charge in [-0.2, -0.15) is 0 Å². The fraction of sp³-hybridized carbons (Fsp3) is 0.111. The molecule has 0 N–H and O–H groups in total. The number of aryl methyl sites for hydroxylation is 1. The van der Waals surface area contributed by atoms with E-state index in [4.69, 9.17) is 11.6 Å². The minimum atomic E-state index is -0.476. The van der Waals surface area contributed by atoms with Crippen LogP contribution >= 0.6 is 11.6 Å². The van der Waals surface area contributed by atoms with Gasteiger partial charge in [0, 0.05) is 11.9 Å². The highest BCUT2D eigenvalue weighted by molar-refractivity contribution is 6.66. The van der Waals surface area contributed by atoms with Crippen LogP contribution in [0.25, 0.3) is 6.08 Å². The third kappa shape index (κ3) is 2.84. The van der Waals surface area contributed by atoms with Gasteiger partial charge < -0.3 is 0 Å². The van der Waals surface area contributed by atoms with E-state index in [2.05, 4.69) is 4.98 Å². The quantitative estimate of drug-likeness (QED) is 0.517. The molecule has 12 heavy (non-hydrogen) atoms. The van der Waals surface area contributed by atoms with E-state index in [-0.39, 0.29) is 0 Å². The normalized spacial score (nSPS) is 10.5. The topological polar surface area (TPSA) is 30.0 Å². The van der Waals surface area contributed by atoms with Gasteiger partial charge in [0.2, 0.25) is 5.24 Å². The molecule has 0 aromatic carbocycles. The Labute approximate surface area is 75.9 Å². The van der Waals surface area contributed by atoms with Crippen LogP contribution in [-0.4, -0.2) is 10.2 Å². The van der Waals surface area contributed by atoms with E-state index in [0.29, 0.717) is 0 Å². The van der Waals surface area contributed by atoms with Crippen molar-refractivity contribution in [1.29, 1.82) is 0 Å². The van der Waals surface area contributed by atoms with Crippen LogP contribution in [0.5, 0.6) is 0 Å². The Kier molecular flexibility index (Phi) is 3.00. The Morgan fingerprint density at radius 3 is 2.83 bits per heavy atom. The maximum atomic E-state index is 10.3. The van der Waals surface area contributed by atoms with Gasteiger partial charge in [0.15, 0.2) is 0 Å². The Morgan fingerprint density at radius 1 is 1.58 bits per heavy atom. The van der Waals surface area contributed by atoms with E-state index in [0.717, 1.165) is 11.3 Å². The standard InChI is InChI=1S/C9H8ClNO/c1-7-2-3-8(6-11-7)4-5-9(10)12/h2-6H,1H3/b5-4+. The van der Waals surface area contributed by atoms with E-state index >= 15 is 0 Å². The van der Waals surface area contributed by atoms with Gasteiger partial charge in [-0.15, -0.1) is 0 Å². The number of pyridine rings is 1. The Hall–Kier alpha value is -1.15. The van der Waals surface area contributed by atoms with E-state index in [1.54, 1.807) is 12.3 Å². The van der Waals surface area contributed by atoms with Gasteiger partial charge in [-0.1, -0.05) is 6.07 Å². The van der Waals surface area contributed by atoms with Crippen LogP contribution < -0.4 is 0 Å². The van der Waals surface area contributed by atoms with E-state index in [1.165, 1.54) is 6.08 Å². The van der Waals surface area contributed by atoms with Gasteiger partial charge in [0.05, 0.1) is 0 Å². The predicted octanol–water partition coefficient (Wildman–Crippen LogP) is 2.17. The molecule has 0 unspecified atom stereocenters. The predicted molar refractivity (Wildman–Crippen MR) is 48.9 cm³/mol. The van der Waals surface area contributed by atoms with Crippen LogP contribution in [0, 0.1) is 6.92 Å². The number of carbonyl (C=O) groups is 1. The monoisotopic (exact) mass is 181 g/mol. The van der Waals surface area contributed by atoms with Crippen molar-refractivity contribution in [1.82, 2.24) is 4.98 Å². The zero-order chi connectivity index (χ0) is 8.97. The second-order valence-electron chi connectivity index (χ2n) is 2.37. The second-order valence-corrected chi connectivity index (χ2v) is 2.74. The molecule has 0 saturated heterocycles. The highest BCUT2D eigenvalue weighted by Gasteiger charge is 1.89. The Balaban J connectivity index is 2.77. The molecule has 0 aliphatic heterocycles. The minimum absolute atomic E-state index is 0.476. The molecule has 1 aromatic rings. The minimum Gasteiger partial charge on any atom is -0.276 e. The number of carbonyl (C=O) groups excluding carboxylic acids is 1. The summed E-state index contributed by atoms with van der Waals surface area (Å²) in [6.07, 6.45) is 4.61. The molecule has 3 heteroatoms. The summed E-state index contributed by atoms with van der Waals surface area (Å²) in [4.78, 5) is 14.4. The molecule has 1 aromatic heterocycles. The van der Waals surface area contributed by atoms with Crippen molar-refractivity contribution in [3.63, 3.8) is 0 Å². The van der Waals surface area contributed by atoms with Crippen LogP contribution in [0.4, 0.5) is 0 Å². The van der Waals surface area contributed by atoms with E-state index < -0.39 is 5.24 Å². The fourth-order valence-electron chi connectivity index (χ4n) is 0.740. The van der Waals surface area contributed by atoms with Crippen LogP contribution in [0.15, 0.2) is 24.4 Å². The summed E-state index contributed by atoms with van der Waals surface area (Å²) in [6.45, 7) is 1.90. The van der Waals surface area contributed by atoms with Crippen molar-refractivity contribution in [2.75, 3.05) is 0 Å². The van der Waals surface area contributed by atoms with Crippen LogP contribution in [0.2, 0.25) is 0 Å². The van der Waals surface area contributed by atoms with Crippen LogP contribution in [0.1, 0.15) is 11.3 Å². The molecule has 62 valence electrons. The van der Waals surface area contributed by atoms with E-state index in [1.807, 2.05) is 19.1 Å². The molecular weight excluding hydrogens is 174 g/mol. The van der Waals surface area contributed by atoms with Gasteiger partial charge in [-0.3, -0.25) is 9.78 Å². The Morgan fingerprint density at radius 2 is 2.33 bits per heavy atom. The molecular formula is C9H8ClNO. The summed E-state index contributed by atoms with van der Waals surface area (Å²) in [7, 11) is 0. The lowest BCUT2D eigenvalue weighted by atomic mass is 10.2. The molecule has 0 saturated carbocycles. The average molecular weight is 182 g/mol. The summed E-state index contributed by atoms with van der Waals surface area (Å²) >= 11 is 5.11. The third-order valence-corrected chi connectivity index (χ3v) is 1.47. The number of allylic oxidation sites excluding steroid dienone is 1. The van der Waals surface area contributed by atoms with Crippen molar-refractivity contribution in [3.05, 3.63) is 35.7 Å². The van der Waals surface area contributed by atoms with Crippen molar-refractivity contribution in [2.45, 2.75) is 6.92 Å². The van der Waals surface area contributed by atoms with Crippen LogP contribution in [-0.2, 0) is 4.79 Å². The summed E-state index contributed by atoms with van der Waals surface area (Å²) < 4.78 is 0. The highest BCUT2D eigenvalue weighted by atomic mass is 35.5. The van der Waals surface area contributed by atoms with Crippen molar-refractivity contribution >= 4 is 22.9 Å². The summed E-state index contributed by atoms with van der Waals surface area (Å²) in [5.74, 6) is 0. The smallest absolute Gasteiger partial charge is 0.245 e. The zero-order valence-electron chi connectivity index (χ0n) is 6.62. The SMILES string of the molecule is Cc1ccc(/C=C/C(=O)Cl)cn1. The van der Waals surface area contributed by atoms with Gasteiger partial charge in [-0.25, -0.2) is 0 Å². The molecule has 0 aliphatic rings. The van der Waals surface area contributed by atoms with Gasteiger partial charge in [-0.05, 0) is 42.3 Å². The molecule has 0 aliphatic carbocycles. The third-order valence-electron chi connectivity index (χ3n) is 1.34. The van der Waals surface area contributed by atoms with Crippen molar-refractivity contribution in [2.24, 2.45) is 0 Å². The van der Waals surface area contributed by atoms with Crippen molar-refractivity contribution in [3.8, 4) is 0 Å². The number of hydrogen-bond acceptors (Lipinski definition) is 2. The van der Waals surface area contributed by atoms with Crippen molar-refractivity contribution < 1.29 is 4.79 Å². The van der Waals surface area contributed by atoms with Crippen LogP contribution in [0.3, 0.4) is 0 Å².